The van der Waals surface area contributed by atoms with Crippen LogP contribution in [0.4, 0.5) is 11.6 Å². The molecule has 0 spiro atoms. The number of fused-ring (bicyclic) bond motifs is 1. The number of phenolic OH excluding ortho intramolecular Hbond substituents is 1. The average molecular weight is 271 g/mol. The summed E-state index contributed by atoms with van der Waals surface area (Å²) in [6.07, 6.45) is 1.62. The Morgan fingerprint density at radius 3 is 2.90 bits per heavy atom. The topological polar surface area (TPSA) is 110 Å². The summed E-state index contributed by atoms with van der Waals surface area (Å²) in [5.41, 5.74) is 0.825. The van der Waals surface area contributed by atoms with Crippen LogP contribution >= 0.6 is 0 Å². The second-order valence-electron chi connectivity index (χ2n) is 4.16. The largest absolute Gasteiger partial charge is 0.506 e. The number of benzene rings is 1. The van der Waals surface area contributed by atoms with Crippen LogP contribution < -0.4 is 10.1 Å². The van der Waals surface area contributed by atoms with Crippen molar-refractivity contribution in [3.63, 3.8) is 0 Å². The zero-order valence-corrected chi connectivity index (χ0v) is 10.5. The summed E-state index contributed by atoms with van der Waals surface area (Å²) in [6.45, 7) is 0. The van der Waals surface area contributed by atoms with Gasteiger partial charge in [0.1, 0.15) is 11.4 Å². The second-order valence-corrected chi connectivity index (χ2v) is 4.16. The minimum Gasteiger partial charge on any atom is -0.506 e. The Hall–Kier alpha value is -3.03. The number of phenols is 1. The van der Waals surface area contributed by atoms with Gasteiger partial charge >= 0.3 is 5.56 Å². The van der Waals surface area contributed by atoms with E-state index in [2.05, 4.69) is 25.2 Å². The first-order chi connectivity index (χ1) is 9.65. The van der Waals surface area contributed by atoms with E-state index in [1.807, 2.05) is 0 Å². The van der Waals surface area contributed by atoms with Crippen LogP contribution in [0.3, 0.4) is 0 Å². The number of aryl methyl sites for hydroxylation is 1. The molecule has 0 radical (unpaired) electrons. The third-order valence-electron chi connectivity index (χ3n) is 2.76. The van der Waals surface area contributed by atoms with Crippen molar-refractivity contribution in [2.75, 3.05) is 0 Å². The van der Waals surface area contributed by atoms with Crippen molar-refractivity contribution in [3.8, 4) is 5.75 Å². The Bertz CT molecular complexity index is 864. The fourth-order valence-corrected chi connectivity index (χ4v) is 1.80. The lowest BCUT2D eigenvalue weighted by Gasteiger charge is -1.95. The molecule has 0 unspecified atom stereocenters. The zero-order valence-electron chi connectivity index (χ0n) is 10.5. The van der Waals surface area contributed by atoms with Gasteiger partial charge in [0.2, 0.25) is 6.33 Å². The fourth-order valence-electron chi connectivity index (χ4n) is 1.80. The van der Waals surface area contributed by atoms with E-state index < -0.39 is 0 Å². The lowest BCUT2D eigenvalue weighted by Crippen LogP contribution is -2.30. The van der Waals surface area contributed by atoms with Gasteiger partial charge in [-0.05, 0) is 12.1 Å². The van der Waals surface area contributed by atoms with Crippen LogP contribution in [-0.4, -0.2) is 20.1 Å². The normalized spacial score (nSPS) is 11.4. The van der Waals surface area contributed by atoms with Crippen molar-refractivity contribution in [1.82, 2.24) is 15.0 Å². The van der Waals surface area contributed by atoms with E-state index in [-0.39, 0.29) is 17.3 Å². The van der Waals surface area contributed by atoms with E-state index >= 15 is 0 Å². The molecule has 3 N–H and O–H groups in total. The number of aromatic nitrogens is 4. The van der Waals surface area contributed by atoms with Crippen molar-refractivity contribution in [2.24, 2.45) is 17.3 Å². The Morgan fingerprint density at radius 2 is 2.10 bits per heavy atom. The van der Waals surface area contributed by atoms with E-state index in [9.17, 15) is 9.90 Å². The van der Waals surface area contributed by atoms with Gasteiger partial charge in [0, 0.05) is 0 Å². The Morgan fingerprint density at radius 1 is 1.30 bits per heavy atom. The molecule has 0 atom stereocenters. The highest BCUT2D eigenvalue weighted by Crippen LogP contribution is 2.26. The molecule has 8 heteroatoms. The molecule has 0 aliphatic rings. The first-order valence-corrected chi connectivity index (χ1v) is 5.82. The number of hydrogen-bond acceptors (Lipinski definition) is 5. The Balaban J connectivity index is 2.04. The summed E-state index contributed by atoms with van der Waals surface area (Å²) >= 11 is 0. The van der Waals surface area contributed by atoms with Gasteiger partial charge in [0.15, 0.2) is 0 Å². The molecule has 2 aromatic heterocycles. The van der Waals surface area contributed by atoms with Gasteiger partial charge < -0.3 is 5.11 Å². The van der Waals surface area contributed by atoms with Gasteiger partial charge in [-0.1, -0.05) is 12.1 Å². The van der Waals surface area contributed by atoms with E-state index in [0.29, 0.717) is 16.9 Å². The number of hydrogen-bond donors (Lipinski definition) is 3. The molecule has 0 aliphatic carbocycles. The number of rotatable bonds is 2. The Labute approximate surface area is 112 Å². The number of para-hydroxylation sites is 1. The summed E-state index contributed by atoms with van der Waals surface area (Å²) in [5.74, 6) is 0.0687. The molecule has 1 aromatic carbocycles. The van der Waals surface area contributed by atoms with Crippen LogP contribution in [0.5, 0.6) is 5.75 Å². The standard InChI is InChI=1S/C12H10N6O2/c1-18-6-13-10-9(18)11(20)15-12(14-10)17-16-7-4-2-3-5-8(7)19/h2-6H,1H3,(H2,14,15,17,19,20)/p+1. The van der Waals surface area contributed by atoms with Crippen LogP contribution in [0.25, 0.3) is 11.2 Å². The highest BCUT2D eigenvalue weighted by Gasteiger charge is 2.13. The molecule has 20 heavy (non-hydrogen) atoms. The van der Waals surface area contributed by atoms with Crippen LogP contribution in [0, 0.1) is 0 Å². The molecule has 8 nitrogen and oxygen atoms in total. The number of aromatic amines is 2. The monoisotopic (exact) mass is 271 g/mol. The summed E-state index contributed by atoms with van der Waals surface area (Å²) < 4.78 is 1.63. The SMILES string of the molecule is C[n+]1c[nH]c2nc(/N=N/c3ccccc3O)[nH]c(=O)c21. The molecule has 0 aliphatic heterocycles. The van der Waals surface area contributed by atoms with Crippen LogP contribution in [0.2, 0.25) is 0 Å². The number of aromatic hydroxyl groups is 1. The lowest BCUT2D eigenvalue weighted by atomic mass is 10.3. The summed E-state index contributed by atoms with van der Waals surface area (Å²) in [5, 5.41) is 17.2. The predicted octanol–water partition coefficient (Wildman–Crippen LogP) is 1.20. The highest BCUT2D eigenvalue weighted by molar-refractivity contribution is 5.65. The molecule has 0 saturated carbocycles. The molecule has 0 saturated heterocycles. The number of nitrogens with one attached hydrogen (secondary N) is 2. The maximum atomic E-state index is 11.9. The smallest absolute Gasteiger partial charge is 0.304 e. The first-order valence-electron chi connectivity index (χ1n) is 5.82. The fraction of sp³-hybridized carbons (Fsp3) is 0.0833. The molecule has 0 amide bonds. The van der Waals surface area contributed by atoms with Gasteiger partial charge in [-0.3, -0.25) is 9.78 Å². The molecular weight excluding hydrogens is 260 g/mol. The number of H-pyrrole nitrogens is 2. The summed E-state index contributed by atoms with van der Waals surface area (Å²) in [7, 11) is 1.74. The first kappa shape index (κ1) is 12.0. The van der Waals surface area contributed by atoms with Gasteiger partial charge in [-0.2, -0.15) is 4.98 Å². The van der Waals surface area contributed by atoms with Gasteiger partial charge in [-0.15, -0.1) is 10.2 Å². The van der Waals surface area contributed by atoms with E-state index in [1.54, 1.807) is 36.1 Å². The van der Waals surface area contributed by atoms with E-state index in [4.69, 9.17) is 0 Å². The third kappa shape index (κ3) is 2.03. The molecule has 2 heterocycles. The van der Waals surface area contributed by atoms with E-state index in [0.717, 1.165) is 0 Å². The van der Waals surface area contributed by atoms with Gasteiger partial charge in [0.05, 0.1) is 7.05 Å². The maximum Gasteiger partial charge on any atom is 0.304 e. The molecular formula is C12H11N6O2+. The third-order valence-corrected chi connectivity index (χ3v) is 2.76. The van der Waals surface area contributed by atoms with Crippen LogP contribution in [0.15, 0.2) is 45.6 Å². The number of azo groups is 1. The quantitative estimate of drug-likeness (QED) is 0.481. The predicted molar refractivity (Wildman–Crippen MR) is 70.2 cm³/mol. The summed E-state index contributed by atoms with van der Waals surface area (Å²) in [4.78, 5) is 21.4. The highest BCUT2D eigenvalue weighted by atomic mass is 16.3. The van der Waals surface area contributed by atoms with Gasteiger partial charge in [-0.25, -0.2) is 9.55 Å². The summed E-state index contributed by atoms with van der Waals surface area (Å²) in [6, 6.07) is 6.50. The zero-order chi connectivity index (χ0) is 14.1. The number of nitrogens with zero attached hydrogens (tertiary/aromatic N) is 4. The van der Waals surface area contributed by atoms with E-state index in [1.165, 1.54) is 6.07 Å². The Kier molecular flexibility index (Phi) is 2.75. The maximum absolute atomic E-state index is 11.9. The van der Waals surface area contributed by atoms with Gasteiger partial charge in [0.25, 0.3) is 17.1 Å². The minimum atomic E-state index is -0.315. The molecule has 3 aromatic rings. The van der Waals surface area contributed by atoms with Crippen molar-refractivity contribution >= 4 is 22.8 Å². The molecule has 100 valence electrons. The molecule has 3 rings (SSSR count). The minimum absolute atomic E-state index is 0.00551. The van der Waals surface area contributed by atoms with Crippen molar-refractivity contribution in [3.05, 3.63) is 40.9 Å². The van der Waals surface area contributed by atoms with Crippen LogP contribution in [-0.2, 0) is 7.05 Å². The molecule has 0 fully saturated rings. The van der Waals surface area contributed by atoms with Crippen molar-refractivity contribution in [1.29, 1.82) is 0 Å². The van der Waals surface area contributed by atoms with Crippen molar-refractivity contribution in [2.45, 2.75) is 0 Å². The lowest BCUT2D eigenvalue weighted by molar-refractivity contribution is -0.645. The van der Waals surface area contributed by atoms with Crippen molar-refractivity contribution < 1.29 is 9.67 Å². The molecule has 0 bridgehead atoms. The van der Waals surface area contributed by atoms with Crippen LogP contribution in [0.1, 0.15) is 0 Å². The number of imidazole rings is 1. The average Bonchev–Trinajstić information content (AvgIpc) is 2.80. The second kappa shape index (κ2) is 4.57.